The smallest absolute Gasteiger partial charge is 0.245 e. The Labute approximate surface area is 143 Å². The van der Waals surface area contributed by atoms with Gasteiger partial charge in [0.2, 0.25) is 11.8 Å². The monoisotopic (exact) mass is 331 g/mol. The van der Waals surface area contributed by atoms with Crippen LogP contribution in [-0.2, 0) is 20.7 Å². The van der Waals surface area contributed by atoms with Crippen LogP contribution in [0.25, 0.3) is 0 Å². The van der Waals surface area contributed by atoms with Crippen LogP contribution in [0, 0.1) is 0 Å². The first-order valence-corrected chi connectivity index (χ1v) is 8.53. The van der Waals surface area contributed by atoms with E-state index in [9.17, 15) is 9.59 Å². The molecular weight excluding hydrogens is 306 g/mol. The molecule has 6 heteroatoms. The number of amides is 2. The number of carbonyl (C=O) groups is 2. The van der Waals surface area contributed by atoms with E-state index in [0.717, 1.165) is 38.4 Å². The molecule has 24 heavy (non-hydrogen) atoms. The molecule has 0 bridgehead atoms. The molecule has 130 valence electrons. The van der Waals surface area contributed by atoms with Crippen LogP contribution in [0.15, 0.2) is 30.3 Å². The Morgan fingerprint density at radius 2 is 1.79 bits per heavy atom. The van der Waals surface area contributed by atoms with Crippen molar-refractivity contribution in [2.24, 2.45) is 0 Å². The molecule has 2 aliphatic heterocycles. The summed E-state index contributed by atoms with van der Waals surface area (Å²) in [4.78, 5) is 30.7. The molecule has 2 fully saturated rings. The molecule has 2 heterocycles. The Morgan fingerprint density at radius 3 is 2.50 bits per heavy atom. The second kappa shape index (κ2) is 7.77. The average Bonchev–Trinajstić information content (AvgIpc) is 2.61. The predicted molar refractivity (Wildman–Crippen MR) is 90.5 cm³/mol. The third-order valence-corrected chi connectivity index (χ3v) is 4.76. The van der Waals surface area contributed by atoms with Crippen LogP contribution in [-0.4, -0.2) is 85.5 Å². The molecule has 1 aromatic carbocycles. The molecule has 0 unspecified atom stereocenters. The molecular formula is C18H25N3O3. The van der Waals surface area contributed by atoms with Gasteiger partial charge in [-0.15, -0.1) is 0 Å². The van der Waals surface area contributed by atoms with E-state index in [1.54, 1.807) is 16.8 Å². The number of piperazine rings is 1. The molecule has 1 atom stereocenters. The molecule has 0 spiro atoms. The molecule has 6 nitrogen and oxygen atoms in total. The van der Waals surface area contributed by atoms with Gasteiger partial charge in [0.05, 0.1) is 19.8 Å². The summed E-state index contributed by atoms with van der Waals surface area (Å²) in [5, 5.41) is 0. The average molecular weight is 331 g/mol. The number of morpholine rings is 1. The van der Waals surface area contributed by atoms with E-state index >= 15 is 0 Å². The highest BCUT2D eigenvalue weighted by molar-refractivity contribution is 5.94. The van der Waals surface area contributed by atoms with Crippen molar-refractivity contribution in [2.45, 2.75) is 12.5 Å². The van der Waals surface area contributed by atoms with Crippen LogP contribution in [0.1, 0.15) is 5.56 Å². The van der Waals surface area contributed by atoms with E-state index in [4.69, 9.17) is 4.74 Å². The van der Waals surface area contributed by atoms with Crippen molar-refractivity contribution < 1.29 is 14.3 Å². The lowest BCUT2D eigenvalue weighted by Gasteiger charge is -2.40. The minimum absolute atomic E-state index is 0.0282. The second-order valence-electron chi connectivity index (χ2n) is 6.44. The molecule has 2 amide bonds. The Morgan fingerprint density at radius 1 is 1.08 bits per heavy atom. The molecule has 0 N–H and O–H groups in total. The number of nitrogens with zero attached hydrogens (tertiary/aromatic N) is 3. The van der Waals surface area contributed by atoms with Gasteiger partial charge in [-0.3, -0.25) is 14.5 Å². The van der Waals surface area contributed by atoms with Gasteiger partial charge in [0.1, 0.15) is 6.04 Å². The predicted octanol–water partition coefficient (Wildman–Crippen LogP) is 0.231. The normalized spacial score (nSPS) is 23.0. The lowest BCUT2D eigenvalue weighted by atomic mass is 10.0. The molecule has 2 aliphatic rings. The largest absolute Gasteiger partial charge is 0.379 e. The van der Waals surface area contributed by atoms with Gasteiger partial charge in [-0.2, -0.15) is 0 Å². The van der Waals surface area contributed by atoms with Crippen molar-refractivity contribution in [3.8, 4) is 0 Å². The maximum absolute atomic E-state index is 12.6. The van der Waals surface area contributed by atoms with Gasteiger partial charge < -0.3 is 14.5 Å². The van der Waals surface area contributed by atoms with E-state index < -0.39 is 6.04 Å². The maximum Gasteiger partial charge on any atom is 0.245 e. The first-order chi connectivity index (χ1) is 11.6. The maximum atomic E-state index is 12.6. The second-order valence-corrected chi connectivity index (χ2v) is 6.44. The topological polar surface area (TPSA) is 53.1 Å². The van der Waals surface area contributed by atoms with Gasteiger partial charge in [0, 0.05) is 39.6 Å². The van der Waals surface area contributed by atoms with Crippen LogP contribution in [0.2, 0.25) is 0 Å². The molecule has 2 saturated heterocycles. The minimum atomic E-state index is -0.403. The zero-order valence-corrected chi connectivity index (χ0v) is 14.2. The van der Waals surface area contributed by atoms with Crippen LogP contribution < -0.4 is 0 Å². The first-order valence-electron chi connectivity index (χ1n) is 8.53. The van der Waals surface area contributed by atoms with Gasteiger partial charge in [-0.25, -0.2) is 0 Å². The number of hydrogen-bond acceptors (Lipinski definition) is 4. The van der Waals surface area contributed by atoms with E-state index in [1.807, 2.05) is 30.3 Å². The SMILES string of the molecule is CN1CC(=O)N(CCN2CCOCC2)[C@@H](Cc2ccccc2)C1=O. The van der Waals surface area contributed by atoms with E-state index in [2.05, 4.69) is 4.90 Å². The lowest BCUT2D eigenvalue weighted by molar-refractivity contribution is -0.154. The Kier molecular flexibility index (Phi) is 5.48. The number of hydrogen-bond donors (Lipinski definition) is 0. The van der Waals surface area contributed by atoms with Crippen LogP contribution >= 0.6 is 0 Å². The number of likely N-dealkylation sites (N-methyl/N-ethyl adjacent to an activating group) is 1. The molecule has 0 aromatic heterocycles. The first kappa shape index (κ1) is 16.9. The molecule has 3 rings (SSSR count). The fraction of sp³-hybridized carbons (Fsp3) is 0.556. The quantitative estimate of drug-likeness (QED) is 0.775. The fourth-order valence-electron chi connectivity index (χ4n) is 3.32. The van der Waals surface area contributed by atoms with E-state index in [1.165, 1.54) is 0 Å². The lowest BCUT2D eigenvalue weighted by Crippen LogP contribution is -2.60. The van der Waals surface area contributed by atoms with Crippen molar-refractivity contribution in [1.82, 2.24) is 14.7 Å². The standard InChI is InChI=1S/C18H25N3O3/c1-19-14-17(22)21(8-7-20-9-11-24-12-10-20)16(18(19)23)13-15-5-3-2-4-6-15/h2-6,16H,7-14H2,1H3/t16-/m0/s1. The Hall–Kier alpha value is -1.92. The summed E-state index contributed by atoms with van der Waals surface area (Å²) in [5.41, 5.74) is 1.08. The van der Waals surface area contributed by atoms with Crippen LogP contribution in [0.5, 0.6) is 0 Å². The van der Waals surface area contributed by atoms with E-state index in [-0.39, 0.29) is 18.4 Å². The Bertz CT molecular complexity index is 572. The van der Waals surface area contributed by atoms with Crippen LogP contribution in [0.4, 0.5) is 0 Å². The number of carbonyl (C=O) groups excluding carboxylic acids is 2. The van der Waals surface area contributed by atoms with Gasteiger partial charge in [-0.1, -0.05) is 30.3 Å². The summed E-state index contributed by atoms with van der Waals surface area (Å²) < 4.78 is 5.36. The highest BCUT2D eigenvalue weighted by Crippen LogP contribution is 2.16. The molecule has 0 radical (unpaired) electrons. The van der Waals surface area contributed by atoms with Gasteiger partial charge in [-0.05, 0) is 5.56 Å². The summed E-state index contributed by atoms with van der Waals surface area (Å²) in [6, 6.07) is 9.50. The van der Waals surface area contributed by atoms with Gasteiger partial charge >= 0.3 is 0 Å². The summed E-state index contributed by atoms with van der Waals surface area (Å²) in [6.07, 6.45) is 0.568. The van der Waals surface area contributed by atoms with Crippen LogP contribution in [0.3, 0.4) is 0 Å². The van der Waals surface area contributed by atoms with Crippen molar-refractivity contribution in [2.75, 3.05) is 53.0 Å². The summed E-state index contributed by atoms with van der Waals surface area (Å²) >= 11 is 0. The van der Waals surface area contributed by atoms with Crippen molar-refractivity contribution in [3.05, 3.63) is 35.9 Å². The highest BCUT2D eigenvalue weighted by atomic mass is 16.5. The highest BCUT2D eigenvalue weighted by Gasteiger charge is 2.37. The fourth-order valence-corrected chi connectivity index (χ4v) is 3.32. The number of ether oxygens (including phenoxy) is 1. The van der Waals surface area contributed by atoms with Gasteiger partial charge in [0.25, 0.3) is 0 Å². The number of benzene rings is 1. The summed E-state index contributed by atoms with van der Waals surface area (Å²) in [7, 11) is 1.71. The molecule has 0 saturated carbocycles. The minimum Gasteiger partial charge on any atom is -0.379 e. The third kappa shape index (κ3) is 3.94. The van der Waals surface area contributed by atoms with Gasteiger partial charge in [0.15, 0.2) is 0 Å². The molecule has 1 aromatic rings. The van der Waals surface area contributed by atoms with E-state index in [0.29, 0.717) is 13.0 Å². The van der Waals surface area contributed by atoms with Crippen molar-refractivity contribution >= 4 is 11.8 Å². The summed E-state index contributed by atoms with van der Waals surface area (Å²) in [5.74, 6) is 0.0618. The van der Waals surface area contributed by atoms with Crippen molar-refractivity contribution in [3.63, 3.8) is 0 Å². The summed E-state index contributed by atoms with van der Waals surface area (Å²) in [6.45, 7) is 4.81. The van der Waals surface area contributed by atoms with Crippen molar-refractivity contribution in [1.29, 1.82) is 0 Å². The third-order valence-electron chi connectivity index (χ3n) is 4.76. The molecule has 0 aliphatic carbocycles. The zero-order chi connectivity index (χ0) is 16.9. The number of rotatable bonds is 5. The Balaban J connectivity index is 1.69. The zero-order valence-electron chi connectivity index (χ0n) is 14.2.